The number of aliphatic hydroxyl groups is 1. The van der Waals surface area contributed by atoms with Gasteiger partial charge < -0.3 is 20.7 Å². The van der Waals surface area contributed by atoms with E-state index < -0.39 is 14.0 Å². The molecule has 0 saturated heterocycles. The van der Waals surface area contributed by atoms with Crippen molar-refractivity contribution in [2.75, 3.05) is 12.3 Å². The van der Waals surface area contributed by atoms with Crippen molar-refractivity contribution >= 4 is 30.4 Å². The van der Waals surface area contributed by atoms with Crippen molar-refractivity contribution in [3.63, 3.8) is 0 Å². The predicted molar refractivity (Wildman–Crippen MR) is 91.3 cm³/mol. The molecule has 2 rings (SSSR count). The van der Waals surface area contributed by atoms with E-state index in [0.717, 1.165) is 28.6 Å². The van der Waals surface area contributed by atoms with E-state index in [9.17, 15) is 15.0 Å². The molecule has 2 atom stereocenters. The molecule has 0 amide bonds. The van der Waals surface area contributed by atoms with E-state index in [1.165, 1.54) is 11.3 Å². The molecular weight excluding hydrogens is 318 g/mol. The Morgan fingerprint density at radius 1 is 1.36 bits per heavy atom. The molecule has 0 saturated carbocycles. The monoisotopic (exact) mass is 343 g/mol. The van der Waals surface area contributed by atoms with E-state index in [-0.39, 0.29) is 23.8 Å². The summed E-state index contributed by atoms with van der Waals surface area (Å²) in [7, 11) is -1.73. The molecule has 7 heteroatoms. The summed E-state index contributed by atoms with van der Waals surface area (Å²) >= 11 is 1.28. The molecule has 4 N–H and O–H groups in total. The first-order valence-corrected chi connectivity index (χ1v) is 11.3. The summed E-state index contributed by atoms with van der Waals surface area (Å²) in [6.07, 6.45) is 0. The number of carboxylic acids is 1. The third-order valence-corrected chi connectivity index (χ3v) is 12.3. The van der Waals surface area contributed by atoms with Crippen LogP contribution < -0.4 is 5.73 Å². The van der Waals surface area contributed by atoms with Crippen LogP contribution in [0.25, 0.3) is 0 Å². The number of ether oxygens (including phenoxy) is 1. The fraction of sp³-hybridized carbons (Fsp3) is 0.667. The van der Waals surface area contributed by atoms with Crippen molar-refractivity contribution in [3.8, 4) is 0 Å². The van der Waals surface area contributed by atoms with Crippen molar-refractivity contribution in [1.82, 2.24) is 0 Å². The van der Waals surface area contributed by atoms with Crippen molar-refractivity contribution in [2.24, 2.45) is 0 Å². The maximum absolute atomic E-state index is 11.6. The van der Waals surface area contributed by atoms with Gasteiger partial charge in [-0.3, -0.25) is 0 Å². The number of hydrogen-bond acceptors (Lipinski definition) is 5. The Balaban J connectivity index is 2.55. The van der Waals surface area contributed by atoms with Crippen LogP contribution in [0.15, 0.2) is 0 Å². The second-order valence-electron chi connectivity index (χ2n) is 5.93. The summed E-state index contributed by atoms with van der Waals surface area (Å²) in [4.78, 5) is 12.5. The summed E-state index contributed by atoms with van der Waals surface area (Å²) < 4.78 is 6.16. The highest BCUT2D eigenvalue weighted by molar-refractivity contribution is 7.16. The number of nitrogen functional groups attached to an aromatic ring is 1. The lowest BCUT2D eigenvalue weighted by atomic mass is 9.94. The summed E-state index contributed by atoms with van der Waals surface area (Å²) in [5, 5.41) is 19.8. The van der Waals surface area contributed by atoms with Gasteiger partial charge in [-0.15, -0.1) is 11.3 Å². The molecule has 22 heavy (non-hydrogen) atoms. The van der Waals surface area contributed by atoms with Crippen molar-refractivity contribution in [1.29, 1.82) is 0 Å². The zero-order valence-electron chi connectivity index (χ0n) is 13.4. The average molecular weight is 344 g/mol. The summed E-state index contributed by atoms with van der Waals surface area (Å²) in [6.45, 7) is 6.88. The van der Waals surface area contributed by atoms with Crippen LogP contribution in [0.3, 0.4) is 0 Å². The van der Waals surface area contributed by atoms with Gasteiger partial charge in [-0.1, -0.05) is 38.9 Å². The number of fused-ring (bicyclic) bond motifs is 1. The fourth-order valence-electron chi connectivity index (χ4n) is 3.81. The number of carbonyl (C=O) groups is 1. The molecule has 0 fully saturated rings. The maximum atomic E-state index is 11.6. The van der Waals surface area contributed by atoms with Crippen LogP contribution in [-0.2, 0) is 11.3 Å². The molecule has 0 spiro atoms. The topological polar surface area (TPSA) is 92.8 Å². The van der Waals surface area contributed by atoms with Crippen molar-refractivity contribution < 1.29 is 19.7 Å². The highest BCUT2D eigenvalue weighted by atomic mass is 32.1. The van der Waals surface area contributed by atoms with E-state index in [1.807, 2.05) is 0 Å². The van der Waals surface area contributed by atoms with Gasteiger partial charge >= 0.3 is 5.97 Å². The molecule has 5 nitrogen and oxygen atoms in total. The molecule has 0 bridgehead atoms. The molecule has 0 aromatic carbocycles. The Kier molecular flexibility index (Phi) is 5.32. The summed E-state index contributed by atoms with van der Waals surface area (Å²) in [6, 6.07) is 3.20. The molecule has 0 radical (unpaired) electrons. The summed E-state index contributed by atoms with van der Waals surface area (Å²) in [5.41, 5.74) is 6.76. The highest BCUT2D eigenvalue weighted by Gasteiger charge is 2.47. The quantitative estimate of drug-likeness (QED) is 0.690. The zero-order chi connectivity index (χ0) is 16.5. The van der Waals surface area contributed by atoms with Gasteiger partial charge in [0, 0.05) is 10.8 Å². The minimum Gasteiger partial charge on any atom is -0.478 e. The summed E-state index contributed by atoms with van der Waals surface area (Å²) in [5.74, 6) is -1.28. The number of nitrogens with two attached hydrogens (primary N) is 1. The van der Waals surface area contributed by atoms with Gasteiger partial charge in [-0.25, -0.2) is 4.79 Å². The van der Waals surface area contributed by atoms with Crippen LogP contribution >= 0.6 is 11.3 Å². The van der Waals surface area contributed by atoms with E-state index in [4.69, 9.17) is 10.5 Å². The van der Waals surface area contributed by atoms with Crippen LogP contribution in [0.2, 0.25) is 18.1 Å². The van der Waals surface area contributed by atoms with Gasteiger partial charge in [-0.2, -0.15) is 0 Å². The number of hydrogen-bond donors (Lipinski definition) is 3. The van der Waals surface area contributed by atoms with Crippen molar-refractivity contribution in [2.45, 2.75) is 57.2 Å². The van der Waals surface area contributed by atoms with E-state index >= 15 is 0 Å². The van der Waals surface area contributed by atoms with E-state index in [2.05, 4.69) is 20.8 Å². The number of carboxylic acid groups (broad SMARTS) is 1. The van der Waals surface area contributed by atoms with Crippen LogP contribution in [0.4, 0.5) is 5.00 Å². The number of aliphatic hydroxyl groups excluding tert-OH is 1. The molecule has 2 heterocycles. The van der Waals surface area contributed by atoms with Crippen LogP contribution in [0, 0.1) is 0 Å². The first-order chi connectivity index (χ1) is 10.5. The lowest BCUT2D eigenvalue weighted by Gasteiger charge is -2.43. The van der Waals surface area contributed by atoms with Gasteiger partial charge in [-0.05, 0) is 5.56 Å². The van der Waals surface area contributed by atoms with Gasteiger partial charge in [0.15, 0.2) is 0 Å². The molecule has 1 aliphatic rings. The second kappa shape index (κ2) is 6.70. The maximum Gasteiger partial charge on any atom is 0.339 e. The molecule has 1 aliphatic heterocycles. The largest absolute Gasteiger partial charge is 0.478 e. The normalized spacial score (nSPS) is 21.6. The van der Waals surface area contributed by atoms with Crippen LogP contribution in [0.5, 0.6) is 0 Å². The van der Waals surface area contributed by atoms with E-state index in [1.54, 1.807) is 0 Å². The van der Waals surface area contributed by atoms with Gasteiger partial charge in [0.1, 0.15) is 5.00 Å². The third kappa shape index (κ3) is 2.60. The predicted octanol–water partition coefficient (Wildman–Crippen LogP) is 3.05. The van der Waals surface area contributed by atoms with E-state index in [0.29, 0.717) is 11.6 Å². The van der Waals surface area contributed by atoms with Crippen LogP contribution in [-0.4, -0.2) is 36.6 Å². The first kappa shape index (κ1) is 17.5. The zero-order valence-corrected chi connectivity index (χ0v) is 15.2. The molecular formula is C15H25NO4SSi. The third-order valence-electron chi connectivity index (χ3n) is 5.31. The fourth-order valence-corrected chi connectivity index (χ4v) is 9.13. The van der Waals surface area contributed by atoms with Crippen LogP contribution in [0.1, 0.15) is 47.5 Å². The minimum absolute atomic E-state index is 0.0444. The lowest BCUT2D eigenvalue weighted by molar-refractivity contribution is 0.0366. The molecule has 2 unspecified atom stereocenters. The highest BCUT2D eigenvalue weighted by Crippen LogP contribution is 2.46. The Morgan fingerprint density at radius 3 is 2.41 bits per heavy atom. The molecule has 1 aromatic heterocycles. The van der Waals surface area contributed by atoms with Gasteiger partial charge in [0.05, 0.1) is 32.6 Å². The standard InChI is InChI=1S/C15H25NO4SSi/c1-4-22(5-2,6-3)15-9(7-17)11-10(8-20-15)21-13(16)12(11)14(18)19/h9,15,17H,4-8,16H2,1-3H3,(H,18,19). The number of aromatic carboxylic acids is 1. The number of rotatable bonds is 6. The lowest BCUT2D eigenvalue weighted by Crippen LogP contribution is -2.53. The Labute approximate surface area is 136 Å². The Morgan fingerprint density at radius 2 is 1.95 bits per heavy atom. The smallest absolute Gasteiger partial charge is 0.339 e. The average Bonchev–Trinajstić information content (AvgIpc) is 2.85. The Bertz CT molecular complexity index is 548. The van der Waals surface area contributed by atoms with Crippen molar-refractivity contribution in [3.05, 3.63) is 16.0 Å². The molecule has 124 valence electrons. The SMILES string of the molecule is CC[Si](CC)(CC)C1OCc2sc(N)c(C(=O)O)c2C1CO. The first-order valence-electron chi connectivity index (χ1n) is 7.82. The van der Waals surface area contributed by atoms with Gasteiger partial charge in [0.2, 0.25) is 0 Å². The molecule has 0 aliphatic carbocycles. The van der Waals surface area contributed by atoms with Gasteiger partial charge in [0.25, 0.3) is 0 Å². The minimum atomic E-state index is -1.73. The second-order valence-corrected chi connectivity index (χ2v) is 12.5. The molecule has 1 aromatic rings. The number of anilines is 1. The Hall–Kier alpha value is -0.893. The number of thiophene rings is 1.